The topological polar surface area (TPSA) is 94.0 Å². The second kappa shape index (κ2) is 10.3. The molecule has 2 amide bonds. The van der Waals surface area contributed by atoms with Gasteiger partial charge in [0, 0.05) is 57.0 Å². The Bertz CT molecular complexity index is 1180. The lowest BCUT2D eigenvalue weighted by molar-refractivity contribution is -0.131. The molecular formula is C26H32FN7O2. The summed E-state index contributed by atoms with van der Waals surface area (Å²) >= 11 is 0. The molecular weight excluding hydrogens is 461 g/mol. The van der Waals surface area contributed by atoms with Crippen molar-refractivity contribution in [1.29, 1.82) is 0 Å². The quantitative estimate of drug-likeness (QED) is 0.656. The molecule has 1 fully saturated rings. The molecule has 1 aromatic carbocycles. The van der Waals surface area contributed by atoms with Crippen LogP contribution in [0, 0.1) is 5.82 Å². The Hall–Kier alpha value is -3.40. The predicted molar refractivity (Wildman–Crippen MR) is 136 cm³/mol. The minimum atomic E-state index is -0.654. The fraction of sp³-hybridized carbons (Fsp3) is 0.500. The molecule has 4 bridgehead atoms. The van der Waals surface area contributed by atoms with Crippen LogP contribution in [-0.4, -0.2) is 76.6 Å². The minimum absolute atomic E-state index is 0.164. The molecule has 0 aliphatic carbocycles. The highest BCUT2D eigenvalue weighted by atomic mass is 19.1. The molecule has 1 atom stereocenters. The first-order chi connectivity index (χ1) is 17.4. The third-order valence-electron chi connectivity index (χ3n) is 7.22. The van der Waals surface area contributed by atoms with Gasteiger partial charge >= 0.3 is 0 Å². The molecule has 2 aromatic rings. The van der Waals surface area contributed by atoms with E-state index in [1.54, 1.807) is 18.3 Å². The molecule has 0 spiro atoms. The predicted octanol–water partition coefficient (Wildman–Crippen LogP) is 3.10. The van der Waals surface area contributed by atoms with Crippen molar-refractivity contribution in [2.45, 2.75) is 51.6 Å². The normalized spacial score (nSPS) is 21.3. The third-order valence-corrected chi connectivity index (χ3v) is 7.22. The third kappa shape index (κ3) is 4.95. The van der Waals surface area contributed by atoms with Gasteiger partial charge in [0.25, 0.3) is 0 Å². The van der Waals surface area contributed by atoms with Gasteiger partial charge in [-0.15, -0.1) is 0 Å². The van der Waals surface area contributed by atoms with Crippen LogP contribution in [0.4, 0.5) is 21.7 Å². The second-order valence-corrected chi connectivity index (χ2v) is 9.87. The zero-order valence-electron chi connectivity index (χ0n) is 20.8. The molecule has 1 N–H and O–H groups in total. The van der Waals surface area contributed by atoms with Crippen molar-refractivity contribution in [3.8, 4) is 0 Å². The van der Waals surface area contributed by atoms with Crippen molar-refractivity contribution in [1.82, 2.24) is 19.8 Å². The number of rotatable bonds is 1. The van der Waals surface area contributed by atoms with E-state index in [9.17, 15) is 14.0 Å². The number of carbonyl (C=O) groups excluding carboxylic acids is 2. The Labute approximate surface area is 210 Å². The largest absolute Gasteiger partial charge is 0.353 e. The lowest BCUT2D eigenvalue weighted by Gasteiger charge is -2.36. The van der Waals surface area contributed by atoms with E-state index in [0.717, 1.165) is 19.4 Å². The summed E-state index contributed by atoms with van der Waals surface area (Å²) < 4.78 is 14.7. The first-order valence-corrected chi connectivity index (χ1v) is 12.7. The Morgan fingerprint density at radius 2 is 1.81 bits per heavy atom. The second-order valence-electron chi connectivity index (χ2n) is 9.87. The SMILES string of the molecule is CC(C)N1CCCCC(=O)N2CCN(CC2)c2ncnc3c2C(C=Nc2ccc(F)c(c2)C1)C(=O)N3. The van der Waals surface area contributed by atoms with Gasteiger partial charge in [-0.05, 0) is 51.4 Å². The van der Waals surface area contributed by atoms with E-state index in [-0.39, 0.29) is 23.7 Å². The monoisotopic (exact) mass is 493 g/mol. The van der Waals surface area contributed by atoms with Crippen LogP contribution in [0.5, 0.6) is 0 Å². The van der Waals surface area contributed by atoms with Crippen molar-refractivity contribution < 1.29 is 14.0 Å². The van der Waals surface area contributed by atoms with Crippen LogP contribution in [0.3, 0.4) is 0 Å². The smallest absolute Gasteiger partial charge is 0.238 e. The number of fused-ring (bicyclic) bond motifs is 8. The van der Waals surface area contributed by atoms with Gasteiger partial charge in [0.05, 0.1) is 11.3 Å². The van der Waals surface area contributed by atoms with Crippen LogP contribution >= 0.6 is 0 Å². The number of nitrogens with one attached hydrogen (secondary N) is 1. The lowest BCUT2D eigenvalue weighted by atomic mass is 10.0. The summed E-state index contributed by atoms with van der Waals surface area (Å²) in [5.41, 5.74) is 1.84. The molecule has 4 aliphatic heterocycles. The average Bonchev–Trinajstić information content (AvgIpc) is 3.20. The molecule has 1 unspecified atom stereocenters. The van der Waals surface area contributed by atoms with Crippen molar-refractivity contribution in [3.63, 3.8) is 0 Å². The van der Waals surface area contributed by atoms with Gasteiger partial charge in [0.1, 0.15) is 29.7 Å². The molecule has 0 saturated carbocycles. The van der Waals surface area contributed by atoms with E-state index in [0.29, 0.717) is 67.6 Å². The van der Waals surface area contributed by atoms with E-state index >= 15 is 0 Å². The summed E-state index contributed by atoms with van der Waals surface area (Å²) in [5.74, 6) is 0.183. The number of piperazine rings is 1. The highest BCUT2D eigenvalue weighted by Crippen LogP contribution is 2.37. The molecule has 1 saturated heterocycles. The standard InChI is InChI=1S/C26H32FN7O2/c1-17(2)34-8-4-3-5-22(35)32-9-11-33(12-10-32)25-23-20(26(36)31-24(23)29-16-30-25)14-28-19-6-7-21(27)18(13-19)15-34/h6-7,13-14,16-17,20H,3-5,8-12,15H2,1-2H3,(H,29,30,31,36). The first-order valence-electron chi connectivity index (χ1n) is 12.7. The summed E-state index contributed by atoms with van der Waals surface area (Å²) in [6.07, 6.45) is 5.22. The Morgan fingerprint density at radius 1 is 1.03 bits per heavy atom. The van der Waals surface area contributed by atoms with Gasteiger partial charge < -0.3 is 15.1 Å². The van der Waals surface area contributed by atoms with Crippen molar-refractivity contribution in [3.05, 3.63) is 41.5 Å². The van der Waals surface area contributed by atoms with Gasteiger partial charge in [0.15, 0.2) is 0 Å². The lowest BCUT2D eigenvalue weighted by Crippen LogP contribution is -2.49. The van der Waals surface area contributed by atoms with E-state index in [1.807, 2.05) is 4.90 Å². The number of carbonyl (C=O) groups is 2. The maximum Gasteiger partial charge on any atom is 0.238 e. The summed E-state index contributed by atoms with van der Waals surface area (Å²) in [4.78, 5) is 45.3. The van der Waals surface area contributed by atoms with Gasteiger partial charge in [-0.1, -0.05) is 0 Å². The van der Waals surface area contributed by atoms with Gasteiger partial charge in [-0.2, -0.15) is 0 Å². The van der Waals surface area contributed by atoms with Gasteiger partial charge in [-0.3, -0.25) is 19.5 Å². The highest BCUT2D eigenvalue weighted by Gasteiger charge is 2.36. The number of nitrogens with zero attached hydrogens (tertiary/aromatic N) is 6. The molecule has 190 valence electrons. The van der Waals surface area contributed by atoms with Gasteiger partial charge in [-0.25, -0.2) is 14.4 Å². The summed E-state index contributed by atoms with van der Waals surface area (Å²) in [6.45, 7) is 7.91. The Kier molecular flexibility index (Phi) is 6.95. The molecule has 36 heavy (non-hydrogen) atoms. The van der Waals surface area contributed by atoms with Crippen LogP contribution in [0.2, 0.25) is 0 Å². The molecule has 6 rings (SSSR count). The zero-order valence-corrected chi connectivity index (χ0v) is 20.8. The van der Waals surface area contributed by atoms with E-state index in [4.69, 9.17) is 0 Å². The fourth-order valence-electron chi connectivity index (χ4n) is 5.07. The summed E-state index contributed by atoms with van der Waals surface area (Å²) in [5, 5.41) is 2.83. The molecule has 4 aliphatic rings. The van der Waals surface area contributed by atoms with E-state index in [2.05, 4.69) is 43.9 Å². The zero-order chi connectivity index (χ0) is 25.2. The van der Waals surface area contributed by atoms with E-state index in [1.165, 1.54) is 12.4 Å². The van der Waals surface area contributed by atoms with E-state index < -0.39 is 5.92 Å². The number of aliphatic imine (C=N–C) groups is 1. The summed E-state index contributed by atoms with van der Waals surface area (Å²) in [6, 6.07) is 5.02. The van der Waals surface area contributed by atoms with Gasteiger partial charge in [0.2, 0.25) is 11.8 Å². The first kappa shape index (κ1) is 24.3. The maximum atomic E-state index is 14.7. The van der Waals surface area contributed by atoms with Crippen molar-refractivity contribution >= 4 is 35.4 Å². The molecule has 5 heterocycles. The maximum absolute atomic E-state index is 14.7. The number of anilines is 2. The minimum Gasteiger partial charge on any atom is -0.353 e. The summed E-state index contributed by atoms with van der Waals surface area (Å²) in [7, 11) is 0. The molecule has 1 aromatic heterocycles. The van der Waals surface area contributed by atoms with Crippen molar-refractivity contribution in [2.75, 3.05) is 42.9 Å². The number of hydrogen-bond donors (Lipinski definition) is 1. The number of benzene rings is 1. The molecule has 10 heteroatoms. The van der Waals surface area contributed by atoms with Crippen LogP contribution in [0.25, 0.3) is 0 Å². The number of hydrogen-bond acceptors (Lipinski definition) is 7. The fourth-order valence-corrected chi connectivity index (χ4v) is 5.07. The van der Waals surface area contributed by atoms with Crippen molar-refractivity contribution in [2.24, 2.45) is 4.99 Å². The van der Waals surface area contributed by atoms with Crippen LogP contribution < -0.4 is 10.2 Å². The van der Waals surface area contributed by atoms with Crippen LogP contribution in [-0.2, 0) is 16.1 Å². The average molecular weight is 494 g/mol. The number of amides is 2. The van der Waals surface area contributed by atoms with Crippen LogP contribution in [0.15, 0.2) is 29.5 Å². The number of aromatic nitrogens is 2. The molecule has 9 nitrogen and oxygen atoms in total. The Balaban J connectivity index is 1.51. The Morgan fingerprint density at radius 3 is 2.58 bits per heavy atom. The highest BCUT2D eigenvalue weighted by molar-refractivity contribution is 6.13. The van der Waals surface area contributed by atoms with Crippen LogP contribution in [0.1, 0.15) is 50.2 Å². The number of halogens is 1. The molecule has 0 radical (unpaired) electrons.